The van der Waals surface area contributed by atoms with Gasteiger partial charge >= 0.3 is 0 Å². The summed E-state index contributed by atoms with van der Waals surface area (Å²) in [7, 11) is -4.51. The number of non-ortho nitro benzene ring substituents is 1. The molecule has 0 bridgehead atoms. The predicted octanol–water partition coefficient (Wildman–Crippen LogP) is 2.44. The van der Waals surface area contributed by atoms with Gasteiger partial charge in [0, 0.05) is 18.2 Å². The number of sulfonamides is 1. The van der Waals surface area contributed by atoms with E-state index in [9.17, 15) is 33.0 Å². The molecule has 9 nitrogen and oxygen atoms in total. The second kappa shape index (κ2) is 5.96. The Balaban J connectivity index is 2.50. The third kappa shape index (κ3) is 3.40. The maximum absolute atomic E-state index is 13.7. The van der Waals surface area contributed by atoms with Crippen molar-refractivity contribution >= 4 is 27.1 Å². The van der Waals surface area contributed by atoms with Gasteiger partial charge in [-0.3, -0.25) is 25.0 Å². The summed E-state index contributed by atoms with van der Waals surface area (Å²) in [5.74, 6) is -1.06. The largest absolute Gasteiger partial charge is 0.289 e. The van der Waals surface area contributed by atoms with E-state index in [1.54, 1.807) is 4.72 Å². The van der Waals surface area contributed by atoms with Crippen LogP contribution in [0.3, 0.4) is 0 Å². The summed E-state index contributed by atoms with van der Waals surface area (Å²) in [6.07, 6.45) is 0. The van der Waals surface area contributed by atoms with E-state index < -0.39 is 47.6 Å². The van der Waals surface area contributed by atoms with Crippen molar-refractivity contribution < 1.29 is 22.7 Å². The van der Waals surface area contributed by atoms with Crippen molar-refractivity contribution in [3.8, 4) is 0 Å². The van der Waals surface area contributed by atoms with Crippen molar-refractivity contribution in [2.45, 2.75) is 4.90 Å². The molecule has 2 aromatic carbocycles. The van der Waals surface area contributed by atoms with Crippen LogP contribution in [0.25, 0.3) is 0 Å². The summed E-state index contributed by atoms with van der Waals surface area (Å²) >= 11 is 0. The van der Waals surface area contributed by atoms with Gasteiger partial charge in [-0.05, 0) is 12.1 Å². The van der Waals surface area contributed by atoms with E-state index in [2.05, 4.69) is 0 Å². The number of halogens is 1. The molecule has 2 rings (SSSR count). The Bertz CT molecular complexity index is 899. The number of nitrogens with zero attached hydrogens (tertiary/aromatic N) is 2. The predicted molar refractivity (Wildman–Crippen MR) is 77.0 cm³/mol. The second-order valence-electron chi connectivity index (χ2n) is 4.25. The molecule has 0 aliphatic heterocycles. The van der Waals surface area contributed by atoms with Gasteiger partial charge in [-0.25, -0.2) is 12.8 Å². The van der Waals surface area contributed by atoms with Crippen LogP contribution < -0.4 is 4.72 Å². The Morgan fingerprint density at radius 2 is 1.65 bits per heavy atom. The average Bonchev–Trinajstić information content (AvgIpc) is 2.49. The fourth-order valence-electron chi connectivity index (χ4n) is 1.74. The standard InChI is InChI=1S/C12H8FN3O6S/c13-9-6-5-8(15(17)18)7-10(9)14-23(21,22)12-4-2-1-3-11(12)16(19)20/h1-7,14H. The minimum absolute atomic E-state index is 0.535. The molecule has 0 unspecified atom stereocenters. The number of nitro benzene ring substituents is 2. The number of anilines is 1. The normalized spacial score (nSPS) is 11.0. The fraction of sp³-hybridized carbons (Fsp3) is 0. The molecule has 0 amide bonds. The van der Waals surface area contributed by atoms with Crippen LogP contribution in [-0.4, -0.2) is 18.3 Å². The van der Waals surface area contributed by atoms with E-state index in [0.717, 1.165) is 24.3 Å². The molecule has 0 aliphatic carbocycles. The van der Waals surface area contributed by atoms with E-state index in [4.69, 9.17) is 0 Å². The van der Waals surface area contributed by atoms with Crippen molar-refractivity contribution in [3.05, 3.63) is 68.5 Å². The quantitative estimate of drug-likeness (QED) is 0.656. The van der Waals surface area contributed by atoms with Crippen LogP contribution in [0.4, 0.5) is 21.5 Å². The number of hydrogen-bond acceptors (Lipinski definition) is 6. The lowest BCUT2D eigenvalue weighted by Crippen LogP contribution is -2.15. The maximum atomic E-state index is 13.7. The van der Waals surface area contributed by atoms with Crippen LogP contribution in [0.15, 0.2) is 47.4 Å². The second-order valence-corrected chi connectivity index (χ2v) is 5.90. The zero-order valence-electron chi connectivity index (χ0n) is 11.2. The summed E-state index contributed by atoms with van der Waals surface area (Å²) in [5, 5.41) is 21.5. The molecule has 2 aromatic rings. The monoisotopic (exact) mass is 341 g/mol. The molecule has 0 heterocycles. The molecule has 120 valence electrons. The Labute approximate surface area is 128 Å². The molecular weight excluding hydrogens is 333 g/mol. The van der Waals surface area contributed by atoms with Gasteiger partial charge in [0.25, 0.3) is 21.4 Å². The van der Waals surface area contributed by atoms with E-state index >= 15 is 0 Å². The first kappa shape index (κ1) is 16.3. The number of hydrogen-bond donors (Lipinski definition) is 1. The number of nitro groups is 2. The number of para-hydroxylation sites is 1. The third-order valence-corrected chi connectivity index (χ3v) is 4.17. The van der Waals surface area contributed by atoms with Crippen molar-refractivity contribution in [3.63, 3.8) is 0 Å². The first-order valence-corrected chi connectivity index (χ1v) is 7.41. The summed E-state index contributed by atoms with van der Waals surface area (Å²) in [6, 6.07) is 6.72. The van der Waals surface area contributed by atoms with Gasteiger partial charge in [0.2, 0.25) is 0 Å². The molecule has 0 aromatic heterocycles. The first-order chi connectivity index (χ1) is 10.7. The molecule has 0 atom stereocenters. The average molecular weight is 341 g/mol. The highest BCUT2D eigenvalue weighted by Crippen LogP contribution is 2.28. The first-order valence-electron chi connectivity index (χ1n) is 5.92. The zero-order valence-corrected chi connectivity index (χ0v) is 12.0. The zero-order chi connectivity index (χ0) is 17.2. The van der Waals surface area contributed by atoms with Crippen molar-refractivity contribution in [2.24, 2.45) is 0 Å². The van der Waals surface area contributed by atoms with Gasteiger partial charge in [0.15, 0.2) is 4.90 Å². The Morgan fingerprint density at radius 3 is 2.26 bits per heavy atom. The lowest BCUT2D eigenvalue weighted by Gasteiger charge is -2.09. The molecule has 23 heavy (non-hydrogen) atoms. The molecule has 11 heteroatoms. The molecule has 0 radical (unpaired) electrons. The Hall–Kier alpha value is -3.08. The van der Waals surface area contributed by atoms with Crippen molar-refractivity contribution in [1.82, 2.24) is 0 Å². The van der Waals surface area contributed by atoms with Crippen molar-refractivity contribution in [1.29, 1.82) is 0 Å². The third-order valence-electron chi connectivity index (χ3n) is 2.76. The summed E-state index contributed by atoms with van der Waals surface area (Å²) < 4.78 is 39.9. The highest BCUT2D eigenvalue weighted by Gasteiger charge is 2.26. The molecule has 0 saturated heterocycles. The molecule has 0 saturated carbocycles. The highest BCUT2D eigenvalue weighted by molar-refractivity contribution is 7.92. The van der Waals surface area contributed by atoms with Gasteiger partial charge in [-0.1, -0.05) is 12.1 Å². The smallest absolute Gasteiger partial charge is 0.276 e. The van der Waals surface area contributed by atoms with Crippen molar-refractivity contribution in [2.75, 3.05) is 4.72 Å². The van der Waals surface area contributed by atoms with E-state index in [1.165, 1.54) is 12.1 Å². The van der Waals surface area contributed by atoms with E-state index in [1.807, 2.05) is 0 Å². The highest BCUT2D eigenvalue weighted by atomic mass is 32.2. The van der Waals surface area contributed by atoms with Gasteiger partial charge in [0.05, 0.1) is 15.5 Å². The molecule has 1 N–H and O–H groups in total. The number of nitrogens with one attached hydrogen (secondary N) is 1. The van der Waals surface area contributed by atoms with Gasteiger partial charge in [0.1, 0.15) is 5.82 Å². The van der Waals surface area contributed by atoms with Crippen LogP contribution in [0.5, 0.6) is 0 Å². The summed E-state index contributed by atoms with van der Waals surface area (Å²) in [5.41, 5.74) is -1.92. The van der Waals surface area contributed by atoms with Gasteiger partial charge < -0.3 is 0 Å². The molecule has 0 fully saturated rings. The fourth-order valence-corrected chi connectivity index (χ4v) is 2.97. The van der Waals surface area contributed by atoms with Crippen LogP contribution in [0.2, 0.25) is 0 Å². The molecular formula is C12H8FN3O6S. The Morgan fingerprint density at radius 1 is 1.00 bits per heavy atom. The SMILES string of the molecule is O=[N+]([O-])c1ccc(F)c(NS(=O)(=O)c2ccccc2[N+](=O)[O-])c1. The minimum atomic E-state index is -4.51. The van der Waals surface area contributed by atoms with Crippen LogP contribution in [0.1, 0.15) is 0 Å². The van der Waals surface area contributed by atoms with Gasteiger partial charge in [-0.2, -0.15) is 0 Å². The lowest BCUT2D eigenvalue weighted by molar-refractivity contribution is -0.387. The number of rotatable bonds is 5. The molecule has 0 aliphatic rings. The van der Waals surface area contributed by atoms with E-state index in [-0.39, 0.29) is 0 Å². The van der Waals surface area contributed by atoms with Crippen LogP contribution in [-0.2, 0) is 10.0 Å². The van der Waals surface area contributed by atoms with Crippen LogP contribution >= 0.6 is 0 Å². The topological polar surface area (TPSA) is 132 Å². The lowest BCUT2D eigenvalue weighted by atomic mass is 10.3. The van der Waals surface area contributed by atoms with E-state index in [0.29, 0.717) is 6.07 Å². The summed E-state index contributed by atoms with van der Waals surface area (Å²) in [6.45, 7) is 0. The number of benzene rings is 2. The van der Waals surface area contributed by atoms with Gasteiger partial charge in [-0.15, -0.1) is 0 Å². The summed E-state index contributed by atoms with van der Waals surface area (Å²) in [4.78, 5) is 19.1. The minimum Gasteiger partial charge on any atom is -0.276 e. The Kier molecular flexibility index (Phi) is 4.22. The molecule has 0 spiro atoms. The van der Waals surface area contributed by atoms with Crippen LogP contribution in [0, 0.1) is 26.0 Å². The maximum Gasteiger partial charge on any atom is 0.289 e.